The fraction of sp³-hybridized carbons (Fsp3) is 0.619. The molecule has 2 fully saturated rings. The van der Waals surface area contributed by atoms with Crippen molar-refractivity contribution in [2.24, 2.45) is 17.8 Å². The molecule has 1 saturated carbocycles. The van der Waals surface area contributed by atoms with Crippen molar-refractivity contribution in [3.8, 4) is 11.5 Å². The van der Waals surface area contributed by atoms with E-state index in [2.05, 4.69) is 34.1 Å². The topological polar surface area (TPSA) is 24.9 Å². The van der Waals surface area contributed by atoms with Gasteiger partial charge in [0.1, 0.15) is 0 Å². The predicted molar refractivity (Wildman–Crippen MR) is 100 cm³/mol. The third kappa shape index (κ3) is 3.56. The van der Waals surface area contributed by atoms with Gasteiger partial charge in [0.2, 0.25) is 0 Å². The van der Waals surface area contributed by atoms with E-state index in [1.54, 1.807) is 14.2 Å². The van der Waals surface area contributed by atoms with Crippen LogP contribution in [0.5, 0.6) is 11.5 Å². The Balaban J connectivity index is 1.30. The molecular formula is C21H30N2O2. The van der Waals surface area contributed by atoms with E-state index in [1.165, 1.54) is 38.0 Å². The number of rotatable bonds is 6. The first kappa shape index (κ1) is 16.9. The molecule has 3 unspecified atom stereocenters. The summed E-state index contributed by atoms with van der Waals surface area (Å²) in [5, 5.41) is 0. The van der Waals surface area contributed by atoms with Crippen molar-refractivity contribution in [3.63, 3.8) is 0 Å². The van der Waals surface area contributed by atoms with E-state index in [-0.39, 0.29) is 0 Å². The first-order valence-corrected chi connectivity index (χ1v) is 9.59. The molecule has 0 aromatic heterocycles. The Morgan fingerprint density at radius 1 is 0.960 bits per heavy atom. The van der Waals surface area contributed by atoms with Crippen LogP contribution in [0, 0.1) is 17.8 Å². The van der Waals surface area contributed by atoms with Gasteiger partial charge in [-0.1, -0.05) is 24.3 Å². The third-order valence-corrected chi connectivity index (χ3v) is 6.25. The van der Waals surface area contributed by atoms with Gasteiger partial charge in [-0.25, -0.2) is 0 Å². The summed E-state index contributed by atoms with van der Waals surface area (Å²) < 4.78 is 11.0. The van der Waals surface area contributed by atoms with Crippen molar-refractivity contribution in [2.75, 3.05) is 46.9 Å². The van der Waals surface area contributed by atoms with Crippen LogP contribution >= 0.6 is 0 Å². The standard InChI is InChI=1S/C21H30N2O2/c1-24-20-5-3-4-18(21(20)25-2)14-22-8-10-23(11-9-22)15-19-13-16-6-7-17(19)12-16/h3-7,16-17,19H,8-15H2,1-2H3. The predicted octanol–water partition coefficient (Wildman–Crippen LogP) is 3.03. The van der Waals surface area contributed by atoms with Crippen molar-refractivity contribution in [1.82, 2.24) is 9.80 Å². The fourth-order valence-corrected chi connectivity index (χ4v) is 4.89. The van der Waals surface area contributed by atoms with Gasteiger partial charge in [-0.05, 0) is 36.7 Å². The first-order valence-electron chi connectivity index (χ1n) is 9.59. The molecule has 1 aromatic carbocycles. The molecule has 1 saturated heterocycles. The number of allylic oxidation sites excluding steroid dienone is 2. The molecule has 3 atom stereocenters. The van der Waals surface area contributed by atoms with E-state index in [4.69, 9.17) is 9.47 Å². The summed E-state index contributed by atoms with van der Waals surface area (Å²) in [5.74, 6) is 4.35. The van der Waals surface area contributed by atoms with E-state index >= 15 is 0 Å². The maximum Gasteiger partial charge on any atom is 0.165 e. The lowest BCUT2D eigenvalue weighted by Crippen LogP contribution is -2.47. The van der Waals surface area contributed by atoms with Gasteiger partial charge in [-0.3, -0.25) is 4.90 Å². The SMILES string of the molecule is COc1cccc(CN2CCN(CC3CC4C=CC3C4)CC2)c1OC. The van der Waals surface area contributed by atoms with Gasteiger partial charge in [0.15, 0.2) is 11.5 Å². The number of hydrogen-bond donors (Lipinski definition) is 0. The highest BCUT2D eigenvalue weighted by atomic mass is 16.5. The van der Waals surface area contributed by atoms with Crippen LogP contribution in [0.15, 0.2) is 30.4 Å². The summed E-state index contributed by atoms with van der Waals surface area (Å²) in [6, 6.07) is 6.16. The molecule has 2 aliphatic carbocycles. The molecule has 0 spiro atoms. The highest BCUT2D eigenvalue weighted by Gasteiger charge is 2.36. The van der Waals surface area contributed by atoms with E-state index in [9.17, 15) is 0 Å². The monoisotopic (exact) mass is 342 g/mol. The summed E-state index contributed by atoms with van der Waals surface area (Å²) >= 11 is 0. The summed E-state index contributed by atoms with van der Waals surface area (Å²) in [5.41, 5.74) is 1.22. The second-order valence-electron chi connectivity index (χ2n) is 7.77. The molecule has 4 rings (SSSR count). The summed E-state index contributed by atoms with van der Waals surface area (Å²) in [7, 11) is 3.42. The zero-order valence-electron chi connectivity index (χ0n) is 15.5. The van der Waals surface area contributed by atoms with Crippen molar-refractivity contribution in [1.29, 1.82) is 0 Å². The number of methoxy groups -OCH3 is 2. The number of piperazine rings is 1. The minimum Gasteiger partial charge on any atom is -0.493 e. The zero-order chi connectivity index (χ0) is 17.2. The average Bonchev–Trinajstić information content (AvgIpc) is 3.26. The number of ether oxygens (including phenoxy) is 2. The highest BCUT2D eigenvalue weighted by molar-refractivity contribution is 5.46. The molecule has 2 bridgehead atoms. The highest BCUT2D eigenvalue weighted by Crippen LogP contribution is 2.43. The lowest BCUT2D eigenvalue weighted by molar-refractivity contribution is 0.108. The Labute approximate surface area is 151 Å². The Morgan fingerprint density at radius 2 is 1.76 bits per heavy atom. The largest absolute Gasteiger partial charge is 0.493 e. The van der Waals surface area contributed by atoms with Crippen LogP contribution in [0.4, 0.5) is 0 Å². The molecule has 0 amide bonds. The molecule has 25 heavy (non-hydrogen) atoms. The molecule has 4 heteroatoms. The van der Waals surface area contributed by atoms with E-state index < -0.39 is 0 Å². The van der Waals surface area contributed by atoms with Crippen LogP contribution in [0.25, 0.3) is 0 Å². The van der Waals surface area contributed by atoms with E-state index in [0.29, 0.717) is 0 Å². The van der Waals surface area contributed by atoms with Crippen molar-refractivity contribution in [3.05, 3.63) is 35.9 Å². The Bertz CT molecular complexity index is 622. The van der Waals surface area contributed by atoms with Crippen LogP contribution in [0.2, 0.25) is 0 Å². The molecule has 1 heterocycles. The molecule has 0 radical (unpaired) electrons. The number of fused-ring (bicyclic) bond motifs is 2. The molecular weight excluding hydrogens is 312 g/mol. The minimum absolute atomic E-state index is 0.822. The van der Waals surface area contributed by atoms with Crippen LogP contribution < -0.4 is 9.47 Å². The van der Waals surface area contributed by atoms with E-state index in [1.807, 2.05) is 6.07 Å². The first-order chi connectivity index (χ1) is 12.3. The van der Waals surface area contributed by atoms with Crippen LogP contribution in [0.3, 0.4) is 0 Å². The van der Waals surface area contributed by atoms with Crippen molar-refractivity contribution < 1.29 is 9.47 Å². The minimum atomic E-state index is 0.822. The van der Waals surface area contributed by atoms with Crippen LogP contribution in [-0.4, -0.2) is 56.7 Å². The molecule has 4 nitrogen and oxygen atoms in total. The molecule has 3 aliphatic rings. The van der Waals surface area contributed by atoms with Crippen LogP contribution in [0.1, 0.15) is 18.4 Å². The number of benzene rings is 1. The maximum absolute atomic E-state index is 5.58. The van der Waals surface area contributed by atoms with E-state index in [0.717, 1.165) is 48.9 Å². The summed E-state index contributed by atoms with van der Waals surface area (Å²) in [6.45, 7) is 6.87. The van der Waals surface area contributed by atoms with Gasteiger partial charge >= 0.3 is 0 Å². The van der Waals surface area contributed by atoms with Gasteiger partial charge < -0.3 is 14.4 Å². The Morgan fingerprint density at radius 3 is 2.40 bits per heavy atom. The zero-order valence-corrected chi connectivity index (χ0v) is 15.5. The van der Waals surface area contributed by atoms with Crippen molar-refractivity contribution in [2.45, 2.75) is 19.4 Å². The van der Waals surface area contributed by atoms with Crippen LogP contribution in [-0.2, 0) is 6.54 Å². The number of para-hydroxylation sites is 1. The maximum atomic E-state index is 5.58. The van der Waals surface area contributed by atoms with Gasteiger partial charge in [0.05, 0.1) is 14.2 Å². The molecule has 0 N–H and O–H groups in total. The third-order valence-electron chi connectivity index (χ3n) is 6.25. The second kappa shape index (κ2) is 7.38. The van der Waals surface area contributed by atoms with Gasteiger partial charge in [-0.15, -0.1) is 0 Å². The normalized spacial score (nSPS) is 29.3. The quantitative estimate of drug-likeness (QED) is 0.742. The average molecular weight is 342 g/mol. The van der Waals surface area contributed by atoms with Crippen molar-refractivity contribution >= 4 is 0 Å². The number of hydrogen-bond acceptors (Lipinski definition) is 4. The Kier molecular flexibility index (Phi) is 5.00. The lowest BCUT2D eigenvalue weighted by Gasteiger charge is -2.37. The number of nitrogens with zero attached hydrogens (tertiary/aromatic N) is 2. The smallest absolute Gasteiger partial charge is 0.165 e. The lowest BCUT2D eigenvalue weighted by atomic mass is 9.93. The second-order valence-corrected chi connectivity index (χ2v) is 7.77. The summed E-state index contributed by atoms with van der Waals surface area (Å²) in [4.78, 5) is 5.22. The Hall–Kier alpha value is -1.52. The summed E-state index contributed by atoms with van der Waals surface area (Å²) in [6.07, 6.45) is 7.76. The molecule has 1 aromatic rings. The van der Waals surface area contributed by atoms with Gasteiger partial charge in [0, 0.05) is 44.8 Å². The molecule has 136 valence electrons. The van der Waals surface area contributed by atoms with Gasteiger partial charge in [0.25, 0.3) is 0 Å². The van der Waals surface area contributed by atoms with Gasteiger partial charge in [-0.2, -0.15) is 0 Å². The molecule has 1 aliphatic heterocycles. The fourth-order valence-electron chi connectivity index (χ4n) is 4.89.